The lowest BCUT2D eigenvalue weighted by Crippen LogP contribution is -2.42. The Bertz CT molecular complexity index is 942. The zero-order chi connectivity index (χ0) is 22.3. The van der Waals surface area contributed by atoms with Crippen molar-refractivity contribution >= 4 is 29.2 Å². The van der Waals surface area contributed by atoms with Crippen LogP contribution in [0.4, 0.5) is 11.4 Å². The average molecular weight is 413 g/mol. The lowest BCUT2D eigenvalue weighted by atomic mass is 10.1. The van der Waals surface area contributed by atoms with Gasteiger partial charge in [0.2, 0.25) is 0 Å². The molecule has 2 aromatic carbocycles. The number of esters is 1. The van der Waals surface area contributed by atoms with Gasteiger partial charge in [-0.1, -0.05) is 25.1 Å². The first-order valence-corrected chi connectivity index (χ1v) is 9.37. The summed E-state index contributed by atoms with van der Waals surface area (Å²) in [5.74, 6) is -1.99. The number of anilines is 1. The van der Waals surface area contributed by atoms with Gasteiger partial charge in [0.15, 0.2) is 6.10 Å². The van der Waals surface area contributed by atoms with E-state index in [2.05, 4.69) is 10.6 Å². The minimum Gasteiger partial charge on any atom is -0.451 e. The van der Waals surface area contributed by atoms with E-state index < -0.39 is 34.9 Å². The summed E-state index contributed by atoms with van der Waals surface area (Å²) < 4.78 is 5.12. The van der Waals surface area contributed by atoms with Crippen LogP contribution in [0, 0.1) is 10.1 Å². The van der Waals surface area contributed by atoms with Crippen LogP contribution in [0.2, 0.25) is 0 Å². The molecule has 2 atom stereocenters. The molecule has 0 aliphatic rings. The predicted molar refractivity (Wildman–Crippen MR) is 110 cm³/mol. The second-order valence-electron chi connectivity index (χ2n) is 6.62. The summed E-state index contributed by atoms with van der Waals surface area (Å²) in [5, 5.41) is 15.9. The summed E-state index contributed by atoms with van der Waals surface area (Å²) in [7, 11) is 0. The van der Waals surface area contributed by atoms with Crippen LogP contribution < -0.4 is 10.6 Å². The third-order valence-corrected chi connectivity index (χ3v) is 4.31. The maximum absolute atomic E-state index is 12.2. The third-order valence-electron chi connectivity index (χ3n) is 4.31. The average Bonchev–Trinajstić information content (AvgIpc) is 2.74. The zero-order valence-electron chi connectivity index (χ0n) is 16.9. The number of non-ortho nitro benzene ring substituents is 1. The molecule has 0 aromatic heterocycles. The number of amides is 2. The number of aryl methyl sites for hydroxylation is 1. The smallest absolute Gasteiger partial charge is 0.329 e. The quantitative estimate of drug-likeness (QED) is 0.389. The number of carbonyl (C=O) groups is 3. The van der Waals surface area contributed by atoms with Crippen molar-refractivity contribution in [2.24, 2.45) is 0 Å². The molecule has 9 heteroatoms. The number of nitrogens with one attached hydrogen (secondary N) is 2. The van der Waals surface area contributed by atoms with E-state index in [1.807, 2.05) is 19.1 Å². The normalized spacial score (nSPS) is 12.4. The summed E-state index contributed by atoms with van der Waals surface area (Å²) in [4.78, 5) is 46.9. The molecule has 0 heterocycles. The minimum absolute atomic E-state index is 0.0326. The van der Waals surface area contributed by atoms with Gasteiger partial charge < -0.3 is 15.4 Å². The summed E-state index contributed by atoms with van der Waals surface area (Å²) in [6, 6.07) is 11.3. The number of ether oxygens (including phenoxy) is 1. The number of hydrogen-bond donors (Lipinski definition) is 2. The maximum Gasteiger partial charge on any atom is 0.329 e. The van der Waals surface area contributed by atoms with Crippen LogP contribution in [0.5, 0.6) is 0 Å². The first kappa shape index (κ1) is 22.5. The molecule has 0 bridgehead atoms. The molecule has 0 aliphatic carbocycles. The van der Waals surface area contributed by atoms with E-state index in [1.165, 1.54) is 32.0 Å². The zero-order valence-corrected chi connectivity index (χ0v) is 16.9. The molecule has 158 valence electrons. The van der Waals surface area contributed by atoms with Gasteiger partial charge in [0.1, 0.15) is 6.04 Å². The number of benzene rings is 2. The van der Waals surface area contributed by atoms with Gasteiger partial charge in [-0.25, -0.2) is 4.79 Å². The number of nitro benzene ring substituents is 1. The highest BCUT2D eigenvalue weighted by Crippen LogP contribution is 2.14. The van der Waals surface area contributed by atoms with Crippen LogP contribution in [0.1, 0.15) is 36.7 Å². The summed E-state index contributed by atoms with van der Waals surface area (Å²) >= 11 is 0. The fourth-order valence-electron chi connectivity index (χ4n) is 2.50. The molecule has 0 aliphatic heterocycles. The predicted octanol–water partition coefficient (Wildman–Crippen LogP) is 2.85. The van der Waals surface area contributed by atoms with Crippen molar-refractivity contribution in [1.29, 1.82) is 0 Å². The highest BCUT2D eigenvalue weighted by Gasteiger charge is 2.24. The molecule has 9 nitrogen and oxygen atoms in total. The molecule has 0 fully saturated rings. The maximum atomic E-state index is 12.2. The molecule has 2 rings (SSSR count). The van der Waals surface area contributed by atoms with Gasteiger partial charge in [-0.3, -0.25) is 19.7 Å². The Morgan fingerprint density at radius 3 is 2.37 bits per heavy atom. The second-order valence-corrected chi connectivity index (χ2v) is 6.62. The topological polar surface area (TPSA) is 128 Å². The number of nitrogens with zero attached hydrogens (tertiary/aromatic N) is 1. The third kappa shape index (κ3) is 6.13. The fourth-order valence-corrected chi connectivity index (χ4v) is 2.50. The molecule has 0 radical (unpaired) electrons. The van der Waals surface area contributed by atoms with Crippen LogP contribution in [0.3, 0.4) is 0 Å². The Balaban J connectivity index is 1.90. The van der Waals surface area contributed by atoms with Gasteiger partial charge in [0, 0.05) is 23.4 Å². The highest BCUT2D eigenvalue weighted by atomic mass is 16.6. The van der Waals surface area contributed by atoms with E-state index in [-0.39, 0.29) is 11.3 Å². The summed E-state index contributed by atoms with van der Waals surface area (Å²) in [6.45, 7) is 4.84. The number of nitro groups is 1. The van der Waals surface area contributed by atoms with E-state index in [0.717, 1.165) is 18.1 Å². The lowest BCUT2D eigenvalue weighted by molar-refractivity contribution is -0.384. The standard InChI is InChI=1S/C21H23N3O6/c1-4-15-8-10-17(11-9-15)23-19(25)14(3)30-21(27)13(2)22-20(26)16-6-5-7-18(12-16)24(28)29/h5-14H,4H2,1-3H3,(H,22,26)(H,23,25)/t13-,14+/m0/s1. The van der Waals surface area contributed by atoms with E-state index >= 15 is 0 Å². The molecule has 2 N–H and O–H groups in total. The van der Waals surface area contributed by atoms with Crippen molar-refractivity contribution in [1.82, 2.24) is 5.32 Å². The van der Waals surface area contributed by atoms with E-state index in [4.69, 9.17) is 4.74 Å². The van der Waals surface area contributed by atoms with Gasteiger partial charge in [0.05, 0.1) is 4.92 Å². The number of rotatable bonds is 8. The SMILES string of the molecule is CCc1ccc(NC(=O)[C@@H](C)OC(=O)[C@H](C)NC(=O)c2cccc([N+](=O)[O-])c2)cc1. The number of carbonyl (C=O) groups excluding carboxylic acids is 3. The molecule has 0 saturated carbocycles. The largest absolute Gasteiger partial charge is 0.451 e. The Labute approximate surface area is 173 Å². The van der Waals surface area contributed by atoms with Gasteiger partial charge >= 0.3 is 5.97 Å². The van der Waals surface area contributed by atoms with Crippen molar-refractivity contribution < 1.29 is 24.0 Å². The van der Waals surface area contributed by atoms with Crippen molar-refractivity contribution in [3.8, 4) is 0 Å². The Morgan fingerprint density at radius 1 is 1.10 bits per heavy atom. The molecule has 0 saturated heterocycles. The Hall–Kier alpha value is -3.75. The van der Waals surface area contributed by atoms with Crippen LogP contribution in [-0.4, -0.2) is 34.9 Å². The molecule has 30 heavy (non-hydrogen) atoms. The van der Waals surface area contributed by atoms with E-state index in [9.17, 15) is 24.5 Å². The van der Waals surface area contributed by atoms with Crippen molar-refractivity contribution in [2.75, 3.05) is 5.32 Å². The molecule has 0 spiro atoms. The van der Waals surface area contributed by atoms with Crippen molar-refractivity contribution in [2.45, 2.75) is 39.3 Å². The molecular weight excluding hydrogens is 390 g/mol. The van der Waals surface area contributed by atoms with E-state index in [0.29, 0.717) is 5.69 Å². The van der Waals surface area contributed by atoms with Crippen molar-refractivity contribution in [3.63, 3.8) is 0 Å². The first-order chi connectivity index (χ1) is 14.2. The fraction of sp³-hybridized carbons (Fsp3) is 0.286. The van der Waals surface area contributed by atoms with Gasteiger partial charge in [0.25, 0.3) is 17.5 Å². The van der Waals surface area contributed by atoms with Gasteiger partial charge in [-0.05, 0) is 44.0 Å². The minimum atomic E-state index is -1.08. The van der Waals surface area contributed by atoms with E-state index in [1.54, 1.807) is 12.1 Å². The van der Waals surface area contributed by atoms with Gasteiger partial charge in [-0.2, -0.15) is 0 Å². The highest BCUT2D eigenvalue weighted by molar-refractivity contribution is 5.98. The molecule has 0 unspecified atom stereocenters. The summed E-state index contributed by atoms with van der Waals surface area (Å²) in [6.07, 6.45) is -0.206. The molecule has 2 amide bonds. The Kier molecular flexibility index (Phi) is 7.62. The second kappa shape index (κ2) is 10.1. The monoisotopic (exact) mass is 413 g/mol. The number of hydrogen-bond acceptors (Lipinski definition) is 6. The van der Waals surface area contributed by atoms with Crippen LogP contribution in [-0.2, 0) is 20.7 Å². The molecular formula is C21H23N3O6. The summed E-state index contributed by atoms with van der Waals surface area (Å²) in [5.41, 5.74) is 1.49. The van der Waals surface area contributed by atoms with Crippen LogP contribution in [0.25, 0.3) is 0 Å². The Morgan fingerprint density at radius 2 is 1.77 bits per heavy atom. The molecule has 2 aromatic rings. The van der Waals surface area contributed by atoms with Crippen molar-refractivity contribution in [3.05, 3.63) is 69.8 Å². The van der Waals surface area contributed by atoms with Crippen LogP contribution >= 0.6 is 0 Å². The lowest BCUT2D eigenvalue weighted by Gasteiger charge is -2.17. The first-order valence-electron chi connectivity index (χ1n) is 9.37. The van der Waals surface area contributed by atoms with Crippen LogP contribution in [0.15, 0.2) is 48.5 Å². The van der Waals surface area contributed by atoms with Gasteiger partial charge in [-0.15, -0.1) is 0 Å².